The molecule has 98 valence electrons. The second kappa shape index (κ2) is 5.73. The van der Waals surface area contributed by atoms with E-state index in [0.717, 1.165) is 24.3 Å². The lowest BCUT2D eigenvalue weighted by molar-refractivity contribution is -0.121. The lowest BCUT2D eigenvalue weighted by Gasteiger charge is -2.22. The number of ether oxygens (including phenoxy) is 2. The van der Waals surface area contributed by atoms with Crippen LogP contribution in [0.2, 0.25) is 0 Å². The fourth-order valence-corrected chi connectivity index (χ4v) is 2.08. The standard InChI is InChI=1S/C13H18N2O3/c1-17-10-6-4-9(5-7-10)15-12(13(14)16)11-3-2-8-18-11/h4-7,11-12,15H,2-3,8H2,1H3,(H2,14,16). The molecule has 0 bridgehead atoms. The minimum atomic E-state index is -0.485. The molecule has 2 rings (SSSR count). The van der Waals surface area contributed by atoms with Crippen molar-refractivity contribution in [3.8, 4) is 5.75 Å². The van der Waals surface area contributed by atoms with Crippen LogP contribution in [-0.2, 0) is 9.53 Å². The van der Waals surface area contributed by atoms with Gasteiger partial charge in [0.05, 0.1) is 13.2 Å². The molecule has 3 N–H and O–H groups in total. The van der Waals surface area contributed by atoms with Crippen molar-refractivity contribution in [2.24, 2.45) is 5.73 Å². The first-order chi connectivity index (χ1) is 8.70. The fraction of sp³-hybridized carbons (Fsp3) is 0.462. The Bertz CT molecular complexity index is 399. The topological polar surface area (TPSA) is 73.6 Å². The highest BCUT2D eigenvalue weighted by Crippen LogP contribution is 2.21. The van der Waals surface area contributed by atoms with E-state index in [4.69, 9.17) is 15.2 Å². The molecule has 1 heterocycles. The number of amides is 1. The maximum absolute atomic E-state index is 11.5. The van der Waals surface area contributed by atoms with Crippen LogP contribution in [0.4, 0.5) is 5.69 Å². The van der Waals surface area contributed by atoms with Crippen LogP contribution >= 0.6 is 0 Å². The molecule has 1 saturated heterocycles. The molecule has 2 unspecified atom stereocenters. The lowest BCUT2D eigenvalue weighted by atomic mass is 10.1. The van der Waals surface area contributed by atoms with Gasteiger partial charge in [0.1, 0.15) is 11.8 Å². The van der Waals surface area contributed by atoms with Crippen molar-refractivity contribution in [2.45, 2.75) is 25.0 Å². The van der Waals surface area contributed by atoms with Gasteiger partial charge in [0, 0.05) is 12.3 Å². The van der Waals surface area contributed by atoms with E-state index in [2.05, 4.69) is 5.32 Å². The Balaban J connectivity index is 2.05. The van der Waals surface area contributed by atoms with E-state index in [1.807, 2.05) is 24.3 Å². The van der Waals surface area contributed by atoms with E-state index < -0.39 is 11.9 Å². The molecular formula is C13H18N2O3. The molecule has 0 aliphatic carbocycles. The minimum Gasteiger partial charge on any atom is -0.497 e. The predicted molar refractivity (Wildman–Crippen MR) is 68.6 cm³/mol. The molecule has 0 radical (unpaired) electrons. The number of methoxy groups -OCH3 is 1. The minimum absolute atomic E-state index is 0.135. The molecule has 0 saturated carbocycles. The fourth-order valence-electron chi connectivity index (χ4n) is 2.08. The van der Waals surface area contributed by atoms with Crippen LogP contribution in [-0.4, -0.2) is 31.8 Å². The first-order valence-corrected chi connectivity index (χ1v) is 6.02. The SMILES string of the molecule is COc1ccc(NC(C(N)=O)C2CCCO2)cc1. The number of hydrogen-bond acceptors (Lipinski definition) is 4. The normalized spacial score (nSPS) is 20.4. The first kappa shape index (κ1) is 12.7. The molecular weight excluding hydrogens is 232 g/mol. The van der Waals surface area contributed by atoms with Gasteiger partial charge in [-0.3, -0.25) is 4.79 Å². The number of primary amides is 1. The van der Waals surface area contributed by atoms with Crippen LogP contribution in [0, 0.1) is 0 Å². The quantitative estimate of drug-likeness (QED) is 0.822. The highest BCUT2D eigenvalue weighted by Gasteiger charge is 2.30. The Kier molecular flexibility index (Phi) is 4.04. The molecule has 2 atom stereocenters. The smallest absolute Gasteiger partial charge is 0.242 e. The van der Waals surface area contributed by atoms with E-state index in [0.29, 0.717) is 6.61 Å². The monoisotopic (exact) mass is 250 g/mol. The first-order valence-electron chi connectivity index (χ1n) is 6.02. The molecule has 1 amide bonds. The van der Waals surface area contributed by atoms with Gasteiger partial charge in [0.15, 0.2) is 0 Å². The van der Waals surface area contributed by atoms with E-state index in [-0.39, 0.29) is 6.10 Å². The molecule has 1 aromatic rings. The average molecular weight is 250 g/mol. The van der Waals surface area contributed by atoms with Gasteiger partial charge < -0.3 is 20.5 Å². The number of anilines is 1. The predicted octanol–water partition coefficient (Wildman–Crippen LogP) is 1.14. The Morgan fingerprint density at radius 3 is 2.72 bits per heavy atom. The zero-order chi connectivity index (χ0) is 13.0. The second-order valence-corrected chi connectivity index (χ2v) is 4.30. The molecule has 1 aromatic carbocycles. The molecule has 1 aliphatic heterocycles. The van der Waals surface area contributed by atoms with Gasteiger partial charge in [-0.15, -0.1) is 0 Å². The Hall–Kier alpha value is -1.75. The maximum atomic E-state index is 11.5. The maximum Gasteiger partial charge on any atom is 0.242 e. The van der Waals surface area contributed by atoms with Gasteiger partial charge in [0.25, 0.3) is 0 Å². The Morgan fingerprint density at radius 1 is 1.50 bits per heavy atom. The molecule has 5 heteroatoms. The summed E-state index contributed by atoms with van der Waals surface area (Å²) >= 11 is 0. The van der Waals surface area contributed by atoms with Crippen LogP contribution in [0.1, 0.15) is 12.8 Å². The zero-order valence-electron chi connectivity index (χ0n) is 10.4. The zero-order valence-corrected chi connectivity index (χ0v) is 10.4. The van der Waals surface area contributed by atoms with E-state index in [1.165, 1.54) is 0 Å². The third-order valence-electron chi connectivity index (χ3n) is 3.06. The Morgan fingerprint density at radius 2 is 2.22 bits per heavy atom. The van der Waals surface area contributed by atoms with E-state index >= 15 is 0 Å². The van der Waals surface area contributed by atoms with Gasteiger partial charge in [-0.25, -0.2) is 0 Å². The third kappa shape index (κ3) is 2.92. The van der Waals surface area contributed by atoms with Crippen LogP contribution in [0.15, 0.2) is 24.3 Å². The summed E-state index contributed by atoms with van der Waals surface area (Å²) in [5.41, 5.74) is 6.24. The van der Waals surface area contributed by atoms with Crippen LogP contribution in [0.3, 0.4) is 0 Å². The van der Waals surface area contributed by atoms with Gasteiger partial charge in [-0.1, -0.05) is 0 Å². The summed E-state index contributed by atoms with van der Waals surface area (Å²) in [5.74, 6) is 0.381. The highest BCUT2D eigenvalue weighted by atomic mass is 16.5. The summed E-state index contributed by atoms with van der Waals surface area (Å²) in [6, 6.07) is 6.88. The molecule has 1 aliphatic rings. The van der Waals surface area contributed by atoms with Crippen molar-refractivity contribution >= 4 is 11.6 Å². The summed E-state index contributed by atoms with van der Waals surface area (Å²) in [6.45, 7) is 0.693. The summed E-state index contributed by atoms with van der Waals surface area (Å²) in [6.07, 6.45) is 1.69. The molecule has 1 fully saturated rings. The Labute approximate surface area is 106 Å². The molecule has 18 heavy (non-hydrogen) atoms. The van der Waals surface area contributed by atoms with Gasteiger partial charge >= 0.3 is 0 Å². The van der Waals surface area contributed by atoms with Crippen LogP contribution in [0.25, 0.3) is 0 Å². The summed E-state index contributed by atoms with van der Waals surface area (Å²) in [4.78, 5) is 11.5. The number of carbonyl (C=O) groups excluding carboxylic acids is 1. The summed E-state index contributed by atoms with van der Waals surface area (Å²) in [7, 11) is 1.61. The van der Waals surface area contributed by atoms with Crippen molar-refractivity contribution in [2.75, 3.05) is 19.0 Å². The lowest BCUT2D eigenvalue weighted by Crippen LogP contribution is -2.44. The van der Waals surface area contributed by atoms with Gasteiger partial charge in [-0.2, -0.15) is 0 Å². The highest BCUT2D eigenvalue weighted by molar-refractivity contribution is 5.83. The van der Waals surface area contributed by atoms with Crippen LogP contribution in [0.5, 0.6) is 5.75 Å². The van der Waals surface area contributed by atoms with Crippen molar-refractivity contribution < 1.29 is 14.3 Å². The number of rotatable bonds is 5. The molecule has 0 aromatic heterocycles. The van der Waals surface area contributed by atoms with Crippen molar-refractivity contribution in [1.29, 1.82) is 0 Å². The number of nitrogens with one attached hydrogen (secondary N) is 1. The van der Waals surface area contributed by atoms with Crippen LogP contribution < -0.4 is 15.8 Å². The van der Waals surface area contributed by atoms with E-state index in [9.17, 15) is 4.79 Å². The third-order valence-corrected chi connectivity index (χ3v) is 3.06. The second-order valence-electron chi connectivity index (χ2n) is 4.30. The summed E-state index contributed by atoms with van der Waals surface area (Å²) < 4.78 is 10.6. The largest absolute Gasteiger partial charge is 0.497 e. The number of hydrogen-bond donors (Lipinski definition) is 2. The average Bonchev–Trinajstić information content (AvgIpc) is 2.90. The van der Waals surface area contributed by atoms with Crippen molar-refractivity contribution in [3.05, 3.63) is 24.3 Å². The molecule has 5 nitrogen and oxygen atoms in total. The van der Waals surface area contributed by atoms with Crippen molar-refractivity contribution in [1.82, 2.24) is 0 Å². The molecule has 0 spiro atoms. The number of carbonyl (C=O) groups is 1. The van der Waals surface area contributed by atoms with Gasteiger partial charge in [0.2, 0.25) is 5.91 Å². The number of benzene rings is 1. The van der Waals surface area contributed by atoms with E-state index in [1.54, 1.807) is 7.11 Å². The van der Waals surface area contributed by atoms with Crippen molar-refractivity contribution in [3.63, 3.8) is 0 Å². The summed E-state index contributed by atoms with van der Waals surface area (Å²) in [5, 5.41) is 3.12. The van der Waals surface area contributed by atoms with Gasteiger partial charge in [-0.05, 0) is 37.1 Å². The number of nitrogens with two attached hydrogens (primary N) is 1.